The van der Waals surface area contributed by atoms with E-state index in [1.54, 1.807) is 0 Å². The second-order valence-corrected chi connectivity index (χ2v) is 6.60. The van der Waals surface area contributed by atoms with Crippen LogP contribution in [0.15, 0.2) is 0 Å². The second-order valence-electron chi connectivity index (χ2n) is 6.60. The van der Waals surface area contributed by atoms with Gasteiger partial charge in [0, 0.05) is 0 Å². The van der Waals surface area contributed by atoms with Crippen LogP contribution in [0.5, 0.6) is 0 Å². The van der Waals surface area contributed by atoms with E-state index in [0.29, 0.717) is 0 Å². The van der Waals surface area contributed by atoms with Gasteiger partial charge in [0.15, 0.2) is 0 Å². The SMILES string of the molecule is CCC(OCCC([N+](=O)[O-])[N+](=O)[O-])([N+](=O)[O-])[N+](=O)[O-].CCC(OCCC([N+](=O)[O-])[N+](=O)[O-])([N+](=O)[O-])[N+](=O)[O-]. The lowest BCUT2D eigenvalue weighted by Gasteiger charge is -2.14. The van der Waals surface area contributed by atoms with Crippen LogP contribution in [-0.2, 0) is 9.47 Å². The normalized spacial score (nSPS) is 11.3. The zero-order valence-electron chi connectivity index (χ0n) is 19.3. The van der Waals surface area contributed by atoms with Crippen molar-refractivity contribution in [3.8, 4) is 0 Å². The third-order valence-electron chi connectivity index (χ3n) is 4.45. The first kappa shape index (κ1) is 35.3. The van der Waals surface area contributed by atoms with Gasteiger partial charge in [-0.3, -0.25) is 90.4 Å². The molecule has 0 rings (SSSR count). The average Bonchev–Trinajstić information content (AvgIpc) is 2.77. The smallest absolute Gasteiger partial charge is 0.259 e. The van der Waals surface area contributed by atoms with E-state index in [1.165, 1.54) is 0 Å². The summed E-state index contributed by atoms with van der Waals surface area (Å²) in [4.78, 5) is 73.5. The van der Waals surface area contributed by atoms with Crippen LogP contribution in [0.1, 0.15) is 39.5 Å². The van der Waals surface area contributed by atoms with E-state index in [4.69, 9.17) is 0 Å². The molecule has 0 unspecified atom stereocenters. The summed E-state index contributed by atoms with van der Waals surface area (Å²) < 4.78 is 8.85. The highest BCUT2D eigenvalue weighted by atomic mass is 16.8. The summed E-state index contributed by atoms with van der Waals surface area (Å²) in [6.45, 7) is 0.513. The number of nitrogens with zero attached hydrogens (tertiary/aromatic N) is 8. The lowest BCUT2D eigenvalue weighted by Crippen LogP contribution is -2.49. The fraction of sp³-hybridized carbons (Fsp3) is 1.00. The molecule has 0 aromatic rings. The Morgan fingerprint density at radius 3 is 0.842 bits per heavy atom. The Hall–Kier alpha value is -4.88. The van der Waals surface area contributed by atoms with Gasteiger partial charge in [-0.1, -0.05) is 0 Å². The molecular formula is C12H20N8O18. The molecule has 0 heterocycles. The minimum Gasteiger partial charge on any atom is -0.259 e. The van der Waals surface area contributed by atoms with Gasteiger partial charge in [-0.25, -0.2) is 0 Å². The molecule has 0 aromatic carbocycles. The topological polar surface area (TPSA) is 364 Å². The first-order chi connectivity index (χ1) is 17.4. The van der Waals surface area contributed by atoms with Crippen LogP contribution < -0.4 is 0 Å². The molecule has 0 aliphatic rings. The Bertz CT molecular complexity index is 810. The Morgan fingerprint density at radius 1 is 0.500 bits per heavy atom. The molecule has 0 aliphatic heterocycles. The minimum atomic E-state index is -2.95. The molecule has 216 valence electrons. The molecule has 0 radical (unpaired) electrons. The Morgan fingerprint density at radius 2 is 0.711 bits per heavy atom. The highest BCUT2D eigenvalue weighted by Crippen LogP contribution is 2.19. The molecule has 0 aromatic heterocycles. The fourth-order valence-electron chi connectivity index (χ4n) is 2.30. The zero-order chi connectivity index (χ0) is 30.4. The Balaban J connectivity index is 0. The summed E-state index contributed by atoms with van der Waals surface area (Å²) in [7, 11) is 0. The van der Waals surface area contributed by atoms with Crippen LogP contribution in [0.4, 0.5) is 0 Å². The van der Waals surface area contributed by atoms with Crippen LogP contribution in [-0.4, -0.2) is 76.6 Å². The standard InChI is InChI=1S/2C6H10N4O9/c2*1-2-6(9(15)16,10(17)18)19-4-3-5(7(11)12)8(13)14/h2*5H,2-4H2,1H3. The molecule has 0 fully saturated rings. The van der Waals surface area contributed by atoms with Gasteiger partial charge < -0.3 is 0 Å². The van der Waals surface area contributed by atoms with Gasteiger partial charge >= 0.3 is 24.0 Å². The van der Waals surface area contributed by atoms with Crippen LogP contribution >= 0.6 is 0 Å². The molecular weight excluding hydrogens is 544 g/mol. The molecule has 0 saturated heterocycles. The number of nitro groups is 8. The molecule has 0 N–H and O–H groups in total. The third-order valence-corrected chi connectivity index (χ3v) is 4.45. The first-order valence-corrected chi connectivity index (χ1v) is 9.77. The molecule has 0 atom stereocenters. The highest BCUT2D eigenvalue weighted by molar-refractivity contribution is 4.54. The molecule has 0 bridgehead atoms. The molecule has 0 aliphatic carbocycles. The van der Waals surface area contributed by atoms with Gasteiger partial charge in [0.25, 0.3) is 0 Å². The lowest BCUT2D eigenvalue weighted by molar-refractivity contribution is -0.852. The van der Waals surface area contributed by atoms with Gasteiger partial charge in [-0.2, -0.15) is 0 Å². The van der Waals surface area contributed by atoms with E-state index in [2.05, 4.69) is 9.47 Å². The Kier molecular flexibility index (Phi) is 14.2. The van der Waals surface area contributed by atoms with Crippen molar-refractivity contribution in [1.82, 2.24) is 0 Å². The van der Waals surface area contributed by atoms with E-state index >= 15 is 0 Å². The predicted octanol–water partition coefficient (Wildman–Crippen LogP) is -0.220. The van der Waals surface area contributed by atoms with Crippen molar-refractivity contribution in [3.05, 3.63) is 80.9 Å². The van der Waals surface area contributed by atoms with Crippen LogP contribution in [0, 0.1) is 80.9 Å². The number of ether oxygens (including phenoxy) is 2. The summed E-state index contributed by atoms with van der Waals surface area (Å²) in [5, 5.41) is 83.5. The summed E-state index contributed by atoms with van der Waals surface area (Å²) in [6, 6.07) is 0. The molecule has 0 amide bonds. The maximum Gasteiger partial charge on any atom is 0.578 e. The second kappa shape index (κ2) is 15.3. The van der Waals surface area contributed by atoms with E-state index in [0.717, 1.165) is 13.8 Å². The van der Waals surface area contributed by atoms with Crippen LogP contribution in [0.2, 0.25) is 0 Å². The number of hydrogen-bond acceptors (Lipinski definition) is 18. The molecule has 38 heavy (non-hydrogen) atoms. The van der Waals surface area contributed by atoms with Crippen LogP contribution in [0.25, 0.3) is 0 Å². The first-order valence-electron chi connectivity index (χ1n) is 9.77. The van der Waals surface area contributed by atoms with Crippen molar-refractivity contribution < 1.29 is 48.9 Å². The Labute approximate surface area is 207 Å². The van der Waals surface area contributed by atoms with Crippen molar-refractivity contribution >= 4 is 0 Å². The fourth-order valence-corrected chi connectivity index (χ4v) is 2.30. The van der Waals surface area contributed by atoms with Gasteiger partial charge in [0.2, 0.25) is 0 Å². The van der Waals surface area contributed by atoms with Crippen molar-refractivity contribution in [2.75, 3.05) is 13.2 Å². The van der Waals surface area contributed by atoms with E-state index in [1.807, 2.05) is 0 Å². The average molecular weight is 564 g/mol. The van der Waals surface area contributed by atoms with Gasteiger partial charge in [-0.15, -0.1) is 0 Å². The summed E-state index contributed by atoms with van der Waals surface area (Å²) in [6.07, 6.45) is -7.35. The zero-order valence-corrected chi connectivity index (χ0v) is 19.3. The van der Waals surface area contributed by atoms with Gasteiger partial charge in [0.05, 0.1) is 32.9 Å². The predicted molar refractivity (Wildman–Crippen MR) is 111 cm³/mol. The van der Waals surface area contributed by atoms with Gasteiger partial charge in [-0.05, 0) is 13.8 Å². The molecule has 0 spiro atoms. The quantitative estimate of drug-likeness (QED) is 0.118. The summed E-state index contributed by atoms with van der Waals surface area (Å²) in [5.74, 6) is -5.89. The van der Waals surface area contributed by atoms with Gasteiger partial charge in [0.1, 0.15) is 45.4 Å². The molecule has 26 heteroatoms. The maximum absolute atomic E-state index is 10.6. The van der Waals surface area contributed by atoms with Crippen molar-refractivity contribution in [1.29, 1.82) is 0 Å². The lowest BCUT2D eigenvalue weighted by atomic mass is 10.3. The van der Waals surface area contributed by atoms with E-state index in [-0.39, 0.29) is 0 Å². The maximum atomic E-state index is 10.6. The number of hydrogen-bond donors (Lipinski definition) is 0. The molecule has 0 saturated carbocycles. The van der Waals surface area contributed by atoms with Crippen LogP contribution in [0.3, 0.4) is 0 Å². The largest absolute Gasteiger partial charge is 0.578 e. The van der Waals surface area contributed by atoms with E-state index in [9.17, 15) is 80.9 Å². The summed E-state index contributed by atoms with van der Waals surface area (Å²) >= 11 is 0. The third kappa shape index (κ3) is 9.29. The molecule has 26 nitrogen and oxygen atoms in total. The van der Waals surface area contributed by atoms with Crippen molar-refractivity contribution in [2.24, 2.45) is 0 Å². The van der Waals surface area contributed by atoms with E-state index < -0.39 is 102 Å². The van der Waals surface area contributed by atoms with Crippen molar-refractivity contribution in [2.45, 2.75) is 63.6 Å². The number of rotatable bonds is 18. The highest BCUT2D eigenvalue weighted by Gasteiger charge is 2.58. The van der Waals surface area contributed by atoms with Crippen molar-refractivity contribution in [3.63, 3.8) is 0 Å². The summed E-state index contributed by atoms with van der Waals surface area (Å²) in [5.41, 5.74) is 0. The monoisotopic (exact) mass is 564 g/mol. The minimum absolute atomic E-state index is 0.630.